The van der Waals surface area contributed by atoms with Gasteiger partial charge in [0, 0.05) is 24.3 Å². The van der Waals surface area contributed by atoms with E-state index in [2.05, 4.69) is 20.9 Å². The van der Waals surface area contributed by atoms with Gasteiger partial charge in [0.15, 0.2) is 23.1 Å². The summed E-state index contributed by atoms with van der Waals surface area (Å²) in [5.74, 6) is -1.81. The third-order valence-electron chi connectivity index (χ3n) is 4.79. The lowest BCUT2D eigenvalue weighted by Crippen LogP contribution is -2.17. The molecule has 2 N–H and O–H groups in total. The van der Waals surface area contributed by atoms with Gasteiger partial charge in [-0.25, -0.2) is 0 Å². The first kappa shape index (κ1) is 30.3. The van der Waals surface area contributed by atoms with Gasteiger partial charge in [-0.3, -0.25) is 19.2 Å². The minimum atomic E-state index is -0.604. The molecule has 2 aromatic carbocycles. The molecule has 2 amide bonds. The van der Waals surface area contributed by atoms with Crippen molar-refractivity contribution < 1.29 is 38.1 Å². The summed E-state index contributed by atoms with van der Waals surface area (Å²) < 4.78 is 21.4. The Labute approximate surface area is 228 Å². The molecule has 204 valence electrons. The molecule has 0 aromatic heterocycles. The number of methoxy groups -OCH3 is 4. The van der Waals surface area contributed by atoms with E-state index in [1.807, 2.05) is 0 Å². The zero-order chi connectivity index (χ0) is 28.2. The van der Waals surface area contributed by atoms with Gasteiger partial charge in [-0.05, 0) is 0 Å². The number of azo groups is 1. The number of ether oxygens (including phenoxy) is 4. The van der Waals surface area contributed by atoms with Crippen molar-refractivity contribution in [2.45, 2.75) is 12.8 Å². The second-order valence-electron chi connectivity index (χ2n) is 7.45. The van der Waals surface area contributed by atoms with E-state index in [4.69, 9.17) is 42.1 Å². The van der Waals surface area contributed by atoms with Crippen LogP contribution in [0.3, 0.4) is 0 Å². The monoisotopic (exact) mass is 568 g/mol. The second-order valence-corrected chi connectivity index (χ2v) is 7.98. The van der Waals surface area contributed by atoms with E-state index in [0.717, 1.165) is 0 Å². The fourth-order valence-electron chi connectivity index (χ4n) is 3.12. The van der Waals surface area contributed by atoms with Crippen LogP contribution in [0.5, 0.6) is 23.0 Å². The summed E-state index contributed by atoms with van der Waals surface area (Å²) in [7, 11) is 5.56. The van der Waals surface area contributed by atoms with Crippen LogP contribution < -0.4 is 29.6 Å². The summed E-state index contributed by atoms with van der Waals surface area (Å²) in [5.41, 5.74) is 0.688. The number of nitrogens with zero attached hydrogens (tertiary/aromatic N) is 2. The summed E-state index contributed by atoms with van der Waals surface area (Å²) in [6.07, 6.45) is -0.848. The third kappa shape index (κ3) is 8.32. The standard InChI is InChI=1S/C24H26Cl2N4O8/c1-35-15-7-17(27-21(33)5-13(31)11-25)23(37-3)19(9-15)29-30-20-10-16(36-2)8-18(24(20)38-4)28-22(34)6-14(32)12-26/h7-10H,5-6,11-12H2,1-4H3,(H,27,33)(H,28,34). The molecule has 0 radical (unpaired) electrons. The van der Waals surface area contributed by atoms with Crippen LogP contribution in [0.4, 0.5) is 22.7 Å². The second kappa shape index (κ2) is 14.7. The molecule has 0 spiro atoms. The Balaban J connectivity index is 2.51. The van der Waals surface area contributed by atoms with Gasteiger partial charge >= 0.3 is 0 Å². The lowest BCUT2D eigenvalue weighted by Gasteiger charge is -2.15. The Morgan fingerprint density at radius 3 is 1.32 bits per heavy atom. The Kier molecular flexibility index (Phi) is 11.8. The van der Waals surface area contributed by atoms with Crippen molar-refractivity contribution in [2.75, 3.05) is 50.8 Å². The van der Waals surface area contributed by atoms with Gasteiger partial charge in [0.1, 0.15) is 22.9 Å². The number of ketones is 2. The number of carbonyl (C=O) groups is 4. The van der Waals surface area contributed by atoms with E-state index >= 15 is 0 Å². The first-order chi connectivity index (χ1) is 18.2. The van der Waals surface area contributed by atoms with E-state index in [9.17, 15) is 19.2 Å². The molecule has 0 atom stereocenters. The number of halogens is 2. The van der Waals surface area contributed by atoms with Crippen LogP contribution >= 0.6 is 23.2 Å². The maximum atomic E-state index is 12.3. The minimum absolute atomic E-state index is 0.135. The number of rotatable bonds is 14. The van der Waals surface area contributed by atoms with Crippen LogP contribution in [0.2, 0.25) is 0 Å². The van der Waals surface area contributed by atoms with Gasteiger partial charge in [0.2, 0.25) is 11.8 Å². The minimum Gasteiger partial charge on any atom is -0.497 e. The summed E-state index contributed by atoms with van der Waals surface area (Å²) in [6, 6.07) is 6.00. The molecule has 0 aliphatic rings. The molecule has 12 nitrogen and oxygen atoms in total. The van der Waals surface area contributed by atoms with Crippen LogP contribution in [0.15, 0.2) is 34.5 Å². The van der Waals surface area contributed by atoms with E-state index in [1.54, 1.807) is 0 Å². The fraction of sp³-hybridized carbons (Fsp3) is 0.333. The van der Waals surface area contributed by atoms with Crippen LogP contribution in [0.25, 0.3) is 0 Å². The molecule has 0 saturated heterocycles. The molecule has 0 unspecified atom stereocenters. The van der Waals surface area contributed by atoms with Crippen LogP contribution in [-0.4, -0.2) is 63.6 Å². The Morgan fingerprint density at radius 2 is 1.03 bits per heavy atom. The summed E-state index contributed by atoms with van der Waals surface area (Å²) in [5, 5.41) is 13.6. The van der Waals surface area contributed by atoms with Gasteiger partial charge in [-0.15, -0.1) is 33.4 Å². The quantitative estimate of drug-likeness (QED) is 0.193. The SMILES string of the molecule is COc1cc(N=Nc2cc(OC)cc(NC(=O)CC(=O)CCl)c2OC)c(OC)c(NC(=O)CC(=O)CCl)c1. The Morgan fingerprint density at radius 1 is 0.658 bits per heavy atom. The van der Waals surface area contributed by atoms with Crippen molar-refractivity contribution in [3.63, 3.8) is 0 Å². The van der Waals surface area contributed by atoms with Gasteiger partial charge in [-0.1, -0.05) is 0 Å². The molecule has 14 heteroatoms. The number of amides is 2. The number of nitrogens with one attached hydrogen (secondary N) is 2. The van der Waals surface area contributed by atoms with Crippen molar-refractivity contribution in [1.29, 1.82) is 0 Å². The largest absolute Gasteiger partial charge is 0.497 e. The normalized spacial score (nSPS) is 10.6. The van der Waals surface area contributed by atoms with Crippen molar-refractivity contribution >= 4 is 69.3 Å². The number of Topliss-reactive ketones (excluding diaryl/α,β-unsaturated/α-hetero) is 2. The van der Waals surface area contributed by atoms with Crippen LogP contribution in [0.1, 0.15) is 12.8 Å². The molecule has 38 heavy (non-hydrogen) atoms. The van der Waals surface area contributed by atoms with Gasteiger partial charge in [-0.2, -0.15) is 0 Å². The smallest absolute Gasteiger partial charge is 0.231 e. The van der Waals surface area contributed by atoms with E-state index in [1.165, 1.54) is 52.7 Å². The van der Waals surface area contributed by atoms with E-state index in [-0.39, 0.29) is 46.0 Å². The van der Waals surface area contributed by atoms with Crippen molar-refractivity contribution in [2.24, 2.45) is 10.2 Å². The number of hydrogen-bond donors (Lipinski definition) is 2. The maximum Gasteiger partial charge on any atom is 0.231 e. The highest BCUT2D eigenvalue weighted by atomic mass is 35.5. The Hall–Kier alpha value is -3.90. The first-order valence-corrected chi connectivity index (χ1v) is 11.9. The lowest BCUT2D eigenvalue weighted by molar-refractivity contribution is -0.125. The zero-order valence-electron chi connectivity index (χ0n) is 21.1. The number of alkyl halides is 2. The van der Waals surface area contributed by atoms with Gasteiger partial charge < -0.3 is 29.6 Å². The molecular weight excluding hydrogens is 543 g/mol. The summed E-state index contributed by atoms with van der Waals surface area (Å²) in [6.45, 7) is 0. The molecule has 0 aliphatic heterocycles. The highest BCUT2D eigenvalue weighted by molar-refractivity contribution is 6.30. The first-order valence-electron chi connectivity index (χ1n) is 10.9. The van der Waals surface area contributed by atoms with Crippen molar-refractivity contribution in [3.8, 4) is 23.0 Å². The molecule has 0 aliphatic carbocycles. The fourth-order valence-corrected chi connectivity index (χ4v) is 3.31. The maximum absolute atomic E-state index is 12.3. The third-order valence-corrected chi connectivity index (χ3v) is 5.39. The summed E-state index contributed by atoms with van der Waals surface area (Å²) >= 11 is 11.0. The topological polar surface area (TPSA) is 154 Å². The average molecular weight is 569 g/mol. The predicted octanol–water partition coefficient (Wildman–Crippen LogP) is 4.41. The molecule has 2 rings (SSSR count). The van der Waals surface area contributed by atoms with Crippen molar-refractivity contribution in [3.05, 3.63) is 24.3 Å². The van der Waals surface area contributed by atoms with E-state index < -0.39 is 36.2 Å². The molecular formula is C24H26Cl2N4O8. The molecule has 0 saturated carbocycles. The number of hydrogen-bond acceptors (Lipinski definition) is 10. The van der Waals surface area contributed by atoms with Gasteiger partial charge in [0.05, 0.1) is 64.4 Å². The molecule has 0 fully saturated rings. The lowest BCUT2D eigenvalue weighted by atomic mass is 10.2. The number of benzene rings is 2. The summed E-state index contributed by atoms with van der Waals surface area (Å²) in [4.78, 5) is 47.6. The Bertz CT molecular complexity index is 1140. The number of anilines is 2. The van der Waals surface area contributed by atoms with Crippen LogP contribution in [-0.2, 0) is 19.2 Å². The molecule has 2 aromatic rings. The highest BCUT2D eigenvalue weighted by Gasteiger charge is 2.19. The zero-order valence-corrected chi connectivity index (χ0v) is 22.6. The van der Waals surface area contributed by atoms with Crippen LogP contribution in [0, 0.1) is 0 Å². The highest BCUT2D eigenvalue weighted by Crippen LogP contribution is 2.43. The van der Waals surface area contributed by atoms with E-state index in [0.29, 0.717) is 11.5 Å². The molecule has 0 bridgehead atoms. The predicted molar refractivity (Wildman–Crippen MR) is 141 cm³/mol. The number of carbonyl (C=O) groups excluding carboxylic acids is 4. The average Bonchev–Trinajstić information content (AvgIpc) is 2.90. The van der Waals surface area contributed by atoms with Crippen molar-refractivity contribution in [1.82, 2.24) is 0 Å². The molecule has 0 heterocycles. The van der Waals surface area contributed by atoms with Gasteiger partial charge in [0.25, 0.3) is 0 Å².